The Kier molecular flexibility index (Phi) is 4.88. The first-order valence-corrected chi connectivity index (χ1v) is 6.60. The Morgan fingerprint density at radius 3 is 2.45 bits per heavy atom. The predicted molar refractivity (Wildman–Crippen MR) is 79.2 cm³/mol. The molecule has 5 heteroatoms. The number of ether oxygens (including phenoxy) is 2. The average Bonchev–Trinajstić information content (AvgIpc) is 2.46. The maximum Gasteiger partial charge on any atom is 0.153 e. The van der Waals surface area contributed by atoms with E-state index in [0.29, 0.717) is 32.7 Å². The molecule has 2 aromatic rings. The number of hydrogen-bond acceptors (Lipinski definition) is 3. The Labute approximate surface area is 127 Å². The molecule has 0 saturated carbocycles. The molecule has 0 amide bonds. The molecule has 0 radical (unpaired) electrons. The smallest absolute Gasteiger partial charge is 0.153 e. The molecule has 20 heavy (non-hydrogen) atoms. The molecule has 0 atom stereocenters. The number of halogens is 2. The zero-order valence-corrected chi connectivity index (χ0v) is 12.2. The van der Waals surface area contributed by atoms with Gasteiger partial charge in [-0.2, -0.15) is 0 Å². The van der Waals surface area contributed by atoms with Crippen LogP contribution in [-0.2, 0) is 6.61 Å². The van der Waals surface area contributed by atoms with E-state index in [0.717, 1.165) is 6.29 Å². The first-order valence-electron chi connectivity index (χ1n) is 5.84. The summed E-state index contributed by atoms with van der Waals surface area (Å²) < 4.78 is 10.7. The minimum Gasteiger partial charge on any atom is -0.497 e. The molecular weight excluding hydrogens is 299 g/mol. The van der Waals surface area contributed by atoms with Gasteiger partial charge in [-0.25, -0.2) is 0 Å². The molecule has 0 aliphatic rings. The third-order valence-electron chi connectivity index (χ3n) is 2.78. The van der Waals surface area contributed by atoms with Crippen molar-refractivity contribution < 1.29 is 14.3 Å². The first kappa shape index (κ1) is 14.7. The van der Waals surface area contributed by atoms with Crippen molar-refractivity contribution in [3.05, 3.63) is 57.6 Å². The first-order chi connectivity index (χ1) is 9.65. The van der Waals surface area contributed by atoms with Gasteiger partial charge in [-0.1, -0.05) is 29.3 Å². The van der Waals surface area contributed by atoms with Crippen LogP contribution in [0.3, 0.4) is 0 Å². The van der Waals surface area contributed by atoms with Gasteiger partial charge in [0.15, 0.2) is 6.29 Å². The highest BCUT2D eigenvalue weighted by Gasteiger charge is 2.09. The third-order valence-corrected chi connectivity index (χ3v) is 3.49. The average molecular weight is 311 g/mol. The lowest BCUT2D eigenvalue weighted by atomic mass is 10.2. The second-order valence-electron chi connectivity index (χ2n) is 4.01. The molecule has 2 aromatic carbocycles. The van der Waals surface area contributed by atoms with Crippen LogP contribution < -0.4 is 9.47 Å². The fourth-order valence-corrected chi connectivity index (χ4v) is 2.19. The Morgan fingerprint density at radius 2 is 1.85 bits per heavy atom. The van der Waals surface area contributed by atoms with Crippen LogP contribution in [0.1, 0.15) is 15.9 Å². The second kappa shape index (κ2) is 6.64. The fraction of sp³-hybridized carbons (Fsp3) is 0.133. The highest BCUT2D eigenvalue weighted by molar-refractivity contribution is 6.35. The van der Waals surface area contributed by atoms with Gasteiger partial charge in [-0.3, -0.25) is 4.79 Å². The van der Waals surface area contributed by atoms with Crippen LogP contribution in [0.4, 0.5) is 0 Å². The largest absolute Gasteiger partial charge is 0.497 e. The lowest BCUT2D eigenvalue weighted by Crippen LogP contribution is -2.00. The van der Waals surface area contributed by atoms with Crippen molar-refractivity contribution in [3.63, 3.8) is 0 Å². The molecule has 0 fully saturated rings. The van der Waals surface area contributed by atoms with Crippen molar-refractivity contribution in [1.29, 1.82) is 0 Å². The summed E-state index contributed by atoms with van der Waals surface area (Å²) >= 11 is 12.1. The monoisotopic (exact) mass is 310 g/mol. The zero-order valence-electron chi connectivity index (χ0n) is 10.7. The SMILES string of the molecule is COc1ccc(C=O)c(OCc2c(Cl)cccc2Cl)c1. The zero-order chi connectivity index (χ0) is 14.5. The van der Waals surface area contributed by atoms with E-state index in [2.05, 4.69) is 0 Å². The van der Waals surface area contributed by atoms with E-state index in [-0.39, 0.29) is 6.61 Å². The molecule has 0 spiro atoms. The van der Waals surface area contributed by atoms with Crippen molar-refractivity contribution in [2.24, 2.45) is 0 Å². The molecule has 0 aliphatic carbocycles. The molecule has 0 unspecified atom stereocenters. The summed E-state index contributed by atoms with van der Waals surface area (Å²) in [6, 6.07) is 10.2. The maximum absolute atomic E-state index is 11.0. The van der Waals surface area contributed by atoms with E-state index >= 15 is 0 Å². The number of carbonyl (C=O) groups is 1. The number of methoxy groups -OCH3 is 1. The van der Waals surface area contributed by atoms with Crippen molar-refractivity contribution in [2.45, 2.75) is 6.61 Å². The van der Waals surface area contributed by atoms with Gasteiger partial charge in [0.2, 0.25) is 0 Å². The Balaban J connectivity index is 2.24. The van der Waals surface area contributed by atoms with Crippen LogP contribution in [0.15, 0.2) is 36.4 Å². The van der Waals surface area contributed by atoms with Gasteiger partial charge in [-0.15, -0.1) is 0 Å². The highest BCUT2D eigenvalue weighted by Crippen LogP contribution is 2.28. The molecule has 0 aliphatic heterocycles. The number of rotatable bonds is 5. The molecular formula is C15H12Cl2O3. The number of hydrogen-bond donors (Lipinski definition) is 0. The lowest BCUT2D eigenvalue weighted by molar-refractivity contribution is 0.111. The summed E-state index contributed by atoms with van der Waals surface area (Å²) in [7, 11) is 1.55. The van der Waals surface area contributed by atoms with Crippen molar-refractivity contribution in [2.75, 3.05) is 7.11 Å². The molecule has 0 N–H and O–H groups in total. The third kappa shape index (κ3) is 3.24. The fourth-order valence-electron chi connectivity index (χ4n) is 1.68. The van der Waals surface area contributed by atoms with Crippen LogP contribution in [0.5, 0.6) is 11.5 Å². The maximum atomic E-state index is 11.0. The van der Waals surface area contributed by atoms with Crippen LogP contribution in [0.2, 0.25) is 10.0 Å². The van der Waals surface area contributed by atoms with Gasteiger partial charge >= 0.3 is 0 Å². The van der Waals surface area contributed by atoms with E-state index in [1.165, 1.54) is 0 Å². The number of carbonyl (C=O) groups excluding carboxylic acids is 1. The van der Waals surface area contributed by atoms with Gasteiger partial charge in [-0.05, 0) is 24.3 Å². The topological polar surface area (TPSA) is 35.5 Å². The molecule has 0 saturated heterocycles. The van der Waals surface area contributed by atoms with E-state index in [9.17, 15) is 4.79 Å². The van der Waals surface area contributed by atoms with Crippen molar-refractivity contribution >= 4 is 29.5 Å². The van der Waals surface area contributed by atoms with Gasteiger partial charge in [0.25, 0.3) is 0 Å². The quantitative estimate of drug-likeness (QED) is 0.768. The Morgan fingerprint density at radius 1 is 1.15 bits per heavy atom. The van der Waals surface area contributed by atoms with Crippen LogP contribution in [0.25, 0.3) is 0 Å². The minimum atomic E-state index is 0.173. The van der Waals surface area contributed by atoms with Gasteiger partial charge < -0.3 is 9.47 Å². The Hall–Kier alpha value is -1.71. The summed E-state index contributed by atoms with van der Waals surface area (Å²) in [5.74, 6) is 1.03. The van der Waals surface area contributed by atoms with Gasteiger partial charge in [0.05, 0.1) is 12.7 Å². The van der Waals surface area contributed by atoms with E-state index in [1.54, 1.807) is 43.5 Å². The summed E-state index contributed by atoms with van der Waals surface area (Å²) in [5, 5.41) is 1.04. The standard InChI is InChI=1S/C15H12Cl2O3/c1-19-11-6-5-10(8-18)15(7-11)20-9-12-13(16)3-2-4-14(12)17/h2-8H,9H2,1H3. The minimum absolute atomic E-state index is 0.173. The van der Waals surface area contributed by atoms with Gasteiger partial charge in [0.1, 0.15) is 18.1 Å². The molecule has 3 nitrogen and oxygen atoms in total. The summed E-state index contributed by atoms with van der Waals surface area (Å²) in [6.07, 6.45) is 0.725. The van der Waals surface area contributed by atoms with Gasteiger partial charge in [0, 0.05) is 21.7 Å². The van der Waals surface area contributed by atoms with E-state index in [1.807, 2.05) is 0 Å². The van der Waals surface area contributed by atoms with E-state index in [4.69, 9.17) is 32.7 Å². The number of aldehydes is 1. The summed E-state index contributed by atoms with van der Waals surface area (Å²) in [6.45, 7) is 0.173. The predicted octanol–water partition coefficient (Wildman–Crippen LogP) is 4.39. The molecule has 2 rings (SSSR count). The normalized spacial score (nSPS) is 10.2. The van der Waals surface area contributed by atoms with Crippen molar-refractivity contribution in [3.8, 4) is 11.5 Å². The summed E-state index contributed by atoms with van der Waals surface area (Å²) in [4.78, 5) is 11.0. The molecule has 0 bridgehead atoms. The molecule has 104 valence electrons. The summed E-state index contributed by atoms with van der Waals surface area (Å²) in [5.41, 5.74) is 1.12. The molecule has 0 aromatic heterocycles. The van der Waals surface area contributed by atoms with E-state index < -0.39 is 0 Å². The van der Waals surface area contributed by atoms with Crippen molar-refractivity contribution in [1.82, 2.24) is 0 Å². The molecule has 0 heterocycles. The number of benzene rings is 2. The second-order valence-corrected chi connectivity index (χ2v) is 4.82. The van der Waals surface area contributed by atoms with Crippen LogP contribution in [-0.4, -0.2) is 13.4 Å². The highest BCUT2D eigenvalue weighted by atomic mass is 35.5. The Bertz CT molecular complexity index is 606. The lowest BCUT2D eigenvalue weighted by Gasteiger charge is -2.12. The van der Waals surface area contributed by atoms with Crippen LogP contribution >= 0.6 is 23.2 Å². The van der Waals surface area contributed by atoms with Crippen LogP contribution in [0, 0.1) is 0 Å².